The average molecular weight is 210 g/mol. The van der Waals surface area contributed by atoms with Crippen molar-refractivity contribution >= 4 is 5.91 Å². The second-order valence-corrected chi connectivity index (χ2v) is 4.54. The molecular formula is C12H22N2O. The van der Waals surface area contributed by atoms with Crippen molar-refractivity contribution in [3.63, 3.8) is 0 Å². The van der Waals surface area contributed by atoms with Crippen LogP contribution < -0.4 is 5.73 Å². The van der Waals surface area contributed by atoms with Crippen LogP contribution in [0.25, 0.3) is 0 Å². The molecule has 0 aromatic rings. The Morgan fingerprint density at radius 2 is 1.93 bits per heavy atom. The predicted octanol–water partition coefficient (Wildman–Crippen LogP) is 1.70. The lowest BCUT2D eigenvalue weighted by molar-refractivity contribution is -0.136. The molecule has 2 N–H and O–H groups in total. The Morgan fingerprint density at radius 3 is 2.27 bits per heavy atom. The second-order valence-electron chi connectivity index (χ2n) is 4.54. The van der Waals surface area contributed by atoms with Crippen molar-refractivity contribution in [2.24, 2.45) is 5.73 Å². The Balaban J connectivity index is 4.69. The zero-order valence-corrected chi connectivity index (χ0v) is 9.99. The Morgan fingerprint density at radius 1 is 1.40 bits per heavy atom. The van der Waals surface area contributed by atoms with E-state index in [2.05, 4.69) is 13.2 Å². The van der Waals surface area contributed by atoms with Crippen LogP contribution in [0.4, 0.5) is 0 Å². The highest BCUT2D eigenvalue weighted by Crippen LogP contribution is 2.14. The topological polar surface area (TPSA) is 46.3 Å². The SMILES string of the molecule is C=CCC(N)C(=O)N(CC=C)C(C)(C)C. The fourth-order valence-corrected chi connectivity index (χ4v) is 1.30. The highest BCUT2D eigenvalue weighted by molar-refractivity contribution is 5.82. The summed E-state index contributed by atoms with van der Waals surface area (Å²) >= 11 is 0. The largest absolute Gasteiger partial charge is 0.333 e. The van der Waals surface area contributed by atoms with E-state index in [1.807, 2.05) is 20.8 Å². The van der Waals surface area contributed by atoms with Crippen molar-refractivity contribution in [1.82, 2.24) is 4.90 Å². The molecule has 0 heterocycles. The normalized spacial score (nSPS) is 13.1. The molecule has 0 aromatic carbocycles. The van der Waals surface area contributed by atoms with Crippen LogP contribution in [0.2, 0.25) is 0 Å². The van der Waals surface area contributed by atoms with E-state index in [1.54, 1.807) is 17.1 Å². The van der Waals surface area contributed by atoms with Crippen molar-refractivity contribution in [3.05, 3.63) is 25.3 Å². The van der Waals surface area contributed by atoms with E-state index in [-0.39, 0.29) is 11.4 Å². The number of amides is 1. The molecule has 86 valence electrons. The molecule has 0 aromatic heterocycles. The van der Waals surface area contributed by atoms with E-state index in [0.29, 0.717) is 13.0 Å². The summed E-state index contributed by atoms with van der Waals surface area (Å²) in [7, 11) is 0. The summed E-state index contributed by atoms with van der Waals surface area (Å²) in [6, 6.07) is -0.498. The molecule has 0 radical (unpaired) electrons. The third-order valence-electron chi connectivity index (χ3n) is 2.13. The quantitative estimate of drug-likeness (QED) is 0.702. The zero-order valence-electron chi connectivity index (χ0n) is 9.99. The van der Waals surface area contributed by atoms with Crippen molar-refractivity contribution in [2.75, 3.05) is 6.54 Å². The fraction of sp³-hybridized carbons (Fsp3) is 0.583. The van der Waals surface area contributed by atoms with E-state index in [0.717, 1.165) is 0 Å². The summed E-state index contributed by atoms with van der Waals surface area (Å²) in [6.07, 6.45) is 3.88. The second kappa shape index (κ2) is 5.71. The van der Waals surface area contributed by atoms with Crippen LogP contribution in [-0.4, -0.2) is 28.9 Å². The molecule has 0 aliphatic rings. The molecule has 0 saturated carbocycles. The van der Waals surface area contributed by atoms with Gasteiger partial charge in [0.15, 0.2) is 0 Å². The first-order valence-electron chi connectivity index (χ1n) is 5.13. The summed E-state index contributed by atoms with van der Waals surface area (Å²) in [4.78, 5) is 13.7. The van der Waals surface area contributed by atoms with E-state index < -0.39 is 6.04 Å². The van der Waals surface area contributed by atoms with Gasteiger partial charge in [-0.25, -0.2) is 0 Å². The number of nitrogens with two attached hydrogens (primary N) is 1. The molecule has 0 rings (SSSR count). The van der Waals surface area contributed by atoms with E-state index in [4.69, 9.17) is 5.73 Å². The molecule has 0 fully saturated rings. The van der Waals surface area contributed by atoms with Crippen molar-refractivity contribution < 1.29 is 4.79 Å². The van der Waals surface area contributed by atoms with Gasteiger partial charge >= 0.3 is 0 Å². The Labute approximate surface area is 92.6 Å². The number of nitrogens with zero attached hydrogens (tertiary/aromatic N) is 1. The van der Waals surface area contributed by atoms with Gasteiger partial charge in [0.05, 0.1) is 6.04 Å². The first-order chi connectivity index (χ1) is 6.84. The van der Waals surface area contributed by atoms with E-state index >= 15 is 0 Å². The minimum absolute atomic E-state index is 0.0534. The molecule has 0 saturated heterocycles. The van der Waals surface area contributed by atoms with Crippen LogP contribution in [-0.2, 0) is 4.79 Å². The van der Waals surface area contributed by atoms with Crippen LogP contribution >= 0.6 is 0 Å². The number of hydrogen-bond acceptors (Lipinski definition) is 2. The summed E-state index contributed by atoms with van der Waals surface area (Å²) in [5.74, 6) is -0.0534. The van der Waals surface area contributed by atoms with Gasteiger partial charge in [0.25, 0.3) is 0 Å². The average Bonchev–Trinajstić information content (AvgIpc) is 2.11. The first-order valence-corrected chi connectivity index (χ1v) is 5.13. The van der Waals surface area contributed by atoms with Crippen LogP contribution in [0.5, 0.6) is 0 Å². The van der Waals surface area contributed by atoms with Crippen molar-refractivity contribution in [2.45, 2.75) is 38.8 Å². The van der Waals surface area contributed by atoms with Gasteiger partial charge in [-0.1, -0.05) is 12.2 Å². The van der Waals surface area contributed by atoms with Crippen LogP contribution in [0.3, 0.4) is 0 Å². The maximum atomic E-state index is 12.0. The Kier molecular flexibility index (Phi) is 5.29. The van der Waals surface area contributed by atoms with Crippen LogP contribution in [0, 0.1) is 0 Å². The van der Waals surface area contributed by atoms with Gasteiger partial charge in [-0.3, -0.25) is 4.79 Å². The maximum absolute atomic E-state index is 12.0. The van der Waals surface area contributed by atoms with Crippen LogP contribution in [0.1, 0.15) is 27.2 Å². The van der Waals surface area contributed by atoms with E-state index in [1.165, 1.54) is 0 Å². The van der Waals surface area contributed by atoms with Gasteiger partial charge in [0.2, 0.25) is 5.91 Å². The summed E-state index contributed by atoms with van der Waals surface area (Å²) < 4.78 is 0. The third kappa shape index (κ3) is 4.30. The molecule has 0 aliphatic carbocycles. The standard InChI is InChI=1S/C12H22N2O/c1-6-8-10(13)11(15)14(9-7-2)12(3,4)5/h6-7,10H,1-2,8-9,13H2,3-5H3. The van der Waals surface area contributed by atoms with Gasteiger partial charge in [-0.2, -0.15) is 0 Å². The zero-order chi connectivity index (χ0) is 12.1. The molecular weight excluding hydrogens is 188 g/mol. The van der Waals surface area contributed by atoms with Crippen molar-refractivity contribution in [3.8, 4) is 0 Å². The Hall–Kier alpha value is -1.09. The lowest BCUT2D eigenvalue weighted by Gasteiger charge is -2.36. The minimum Gasteiger partial charge on any atom is -0.333 e. The number of hydrogen-bond donors (Lipinski definition) is 1. The third-order valence-corrected chi connectivity index (χ3v) is 2.13. The summed E-state index contributed by atoms with van der Waals surface area (Å²) in [5, 5.41) is 0. The molecule has 3 nitrogen and oxygen atoms in total. The number of rotatable bonds is 5. The number of carbonyl (C=O) groups excluding carboxylic acids is 1. The smallest absolute Gasteiger partial charge is 0.240 e. The molecule has 0 spiro atoms. The fourth-order valence-electron chi connectivity index (χ4n) is 1.30. The molecule has 0 aliphatic heterocycles. The molecule has 1 amide bonds. The highest BCUT2D eigenvalue weighted by Gasteiger charge is 2.28. The Bertz CT molecular complexity index is 240. The predicted molar refractivity (Wildman–Crippen MR) is 64.5 cm³/mol. The van der Waals surface area contributed by atoms with Gasteiger partial charge in [0, 0.05) is 12.1 Å². The highest BCUT2D eigenvalue weighted by atomic mass is 16.2. The van der Waals surface area contributed by atoms with Crippen molar-refractivity contribution in [1.29, 1.82) is 0 Å². The molecule has 1 atom stereocenters. The number of carbonyl (C=O) groups is 1. The molecule has 15 heavy (non-hydrogen) atoms. The van der Waals surface area contributed by atoms with Gasteiger partial charge in [0.1, 0.15) is 0 Å². The van der Waals surface area contributed by atoms with Crippen LogP contribution in [0.15, 0.2) is 25.3 Å². The maximum Gasteiger partial charge on any atom is 0.240 e. The van der Waals surface area contributed by atoms with Gasteiger partial charge in [-0.05, 0) is 27.2 Å². The lowest BCUT2D eigenvalue weighted by Crippen LogP contribution is -2.52. The minimum atomic E-state index is -0.498. The van der Waals surface area contributed by atoms with Gasteiger partial charge in [-0.15, -0.1) is 13.2 Å². The summed E-state index contributed by atoms with van der Waals surface area (Å²) in [6.45, 7) is 13.7. The van der Waals surface area contributed by atoms with E-state index in [9.17, 15) is 4.79 Å². The molecule has 3 heteroatoms. The first kappa shape index (κ1) is 13.9. The molecule has 1 unspecified atom stereocenters. The molecule has 0 bridgehead atoms. The van der Waals surface area contributed by atoms with Gasteiger partial charge < -0.3 is 10.6 Å². The monoisotopic (exact) mass is 210 g/mol. The lowest BCUT2D eigenvalue weighted by atomic mass is 10.0. The summed E-state index contributed by atoms with van der Waals surface area (Å²) in [5.41, 5.74) is 5.53.